The molecule has 118 valence electrons. The van der Waals surface area contributed by atoms with Crippen molar-refractivity contribution in [2.24, 2.45) is 5.84 Å². The van der Waals surface area contributed by atoms with Gasteiger partial charge in [0.05, 0.1) is 5.69 Å². The van der Waals surface area contributed by atoms with Crippen LogP contribution in [0.3, 0.4) is 0 Å². The number of pyridine rings is 1. The second-order valence-corrected chi connectivity index (χ2v) is 6.28. The van der Waals surface area contributed by atoms with Crippen LogP contribution in [0.5, 0.6) is 0 Å². The lowest BCUT2D eigenvalue weighted by molar-refractivity contribution is -0.121. The Hall–Kier alpha value is -1.71. The molecule has 0 aliphatic rings. The number of carbonyl (C=O) groups is 1. The van der Waals surface area contributed by atoms with Gasteiger partial charge in [-0.3, -0.25) is 15.6 Å². The summed E-state index contributed by atoms with van der Waals surface area (Å²) in [6.45, 7) is 3.85. The molecule has 1 aromatic rings. The minimum Gasteiger partial charge on any atom is -0.354 e. The van der Waals surface area contributed by atoms with E-state index in [0.29, 0.717) is 0 Å². The lowest BCUT2D eigenvalue weighted by atomic mass is 10.2. The molecule has 1 unspecified atom stereocenters. The summed E-state index contributed by atoms with van der Waals surface area (Å²) in [4.78, 5) is 15.3. The number of amides is 1. The van der Waals surface area contributed by atoms with Crippen molar-refractivity contribution in [2.45, 2.75) is 37.6 Å². The normalized spacial score (nSPS) is 12.7. The van der Waals surface area contributed by atoms with Gasteiger partial charge in [0.2, 0.25) is 15.9 Å². The number of nitrogens with two attached hydrogens (primary N) is 1. The van der Waals surface area contributed by atoms with Gasteiger partial charge in [-0.05, 0) is 19.4 Å². The lowest BCUT2D eigenvalue weighted by Crippen LogP contribution is -2.35. The predicted molar refractivity (Wildman–Crippen MR) is 79.7 cm³/mol. The molecule has 0 fully saturated rings. The zero-order valence-electron chi connectivity index (χ0n) is 12.1. The molecule has 21 heavy (non-hydrogen) atoms. The van der Waals surface area contributed by atoms with E-state index in [2.05, 4.69) is 20.4 Å². The van der Waals surface area contributed by atoms with Crippen LogP contribution in [0.2, 0.25) is 0 Å². The third kappa shape index (κ3) is 5.29. The molecule has 9 heteroatoms. The van der Waals surface area contributed by atoms with Crippen LogP contribution in [0.1, 0.15) is 26.7 Å². The minimum absolute atomic E-state index is 0.00348. The van der Waals surface area contributed by atoms with E-state index < -0.39 is 10.0 Å². The molecule has 0 bridgehead atoms. The molecule has 0 spiro atoms. The molecule has 0 aliphatic heterocycles. The van der Waals surface area contributed by atoms with Gasteiger partial charge in [0, 0.05) is 31.4 Å². The fraction of sp³-hybridized carbons (Fsp3) is 0.500. The van der Waals surface area contributed by atoms with Gasteiger partial charge in [-0.1, -0.05) is 6.92 Å². The highest BCUT2D eigenvalue weighted by Gasteiger charge is 2.18. The zero-order valence-corrected chi connectivity index (χ0v) is 12.9. The zero-order chi connectivity index (χ0) is 15.9. The van der Waals surface area contributed by atoms with Crippen molar-refractivity contribution in [1.82, 2.24) is 15.0 Å². The maximum absolute atomic E-state index is 12.1. The third-order valence-corrected chi connectivity index (χ3v) is 4.38. The van der Waals surface area contributed by atoms with E-state index in [1.54, 1.807) is 0 Å². The summed E-state index contributed by atoms with van der Waals surface area (Å²) in [5, 5.41) is 2.76. The summed E-state index contributed by atoms with van der Waals surface area (Å²) in [5.41, 5.74) is 2.53. The van der Waals surface area contributed by atoms with Gasteiger partial charge in [-0.25, -0.2) is 13.1 Å². The van der Waals surface area contributed by atoms with E-state index in [1.807, 2.05) is 13.8 Å². The summed E-state index contributed by atoms with van der Waals surface area (Å²) >= 11 is 0. The molecule has 0 aromatic carbocycles. The number of sulfonamides is 1. The molecule has 1 aromatic heterocycles. The summed E-state index contributed by atoms with van der Waals surface area (Å²) < 4.78 is 26.5. The average molecular weight is 315 g/mol. The van der Waals surface area contributed by atoms with Crippen molar-refractivity contribution in [3.8, 4) is 0 Å². The molecule has 0 aliphatic carbocycles. The van der Waals surface area contributed by atoms with Crippen LogP contribution < -0.4 is 21.3 Å². The number of hydrazine groups is 1. The van der Waals surface area contributed by atoms with Gasteiger partial charge in [0.25, 0.3) is 0 Å². The van der Waals surface area contributed by atoms with Gasteiger partial charge in [-0.15, -0.1) is 0 Å². The maximum atomic E-state index is 12.1. The van der Waals surface area contributed by atoms with Crippen LogP contribution in [0.25, 0.3) is 0 Å². The van der Waals surface area contributed by atoms with Gasteiger partial charge in [0.1, 0.15) is 4.90 Å². The van der Waals surface area contributed by atoms with Crippen LogP contribution in [0.4, 0.5) is 5.69 Å². The second kappa shape index (κ2) is 7.91. The van der Waals surface area contributed by atoms with Crippen molar-refractivity contribution in [3.63, 3.8) is 0 Å². The Morgan fingerprint density at radius 1 is 1.48 bits per heavy atom. The maximum Gasteiger partial charge on any atom is 0.244 e. The molecular weight excluding hydrogens is 294 g/mol. The third-order valence-electron chi connectivity index (χ3n) is 2.89. The predicted octanol–water partition coefficient (Wildman–Crippen LogP) is -0.0497. The summed E-state index contributed by atoms with van der Waals surface area (Å²) in [7, 11) is -3.77. The number of hydrogen-bond acceptors (Lipinski definition) is 6. The number of carbonyl (C=O) groups excluding carboxylic acids is 1. The number of hydrogen-bond donors (Lipinski definition) is 4. The highest BCUT2D eigenvalue weighted by atomic mass is 32.2. The monoisotopic (exact) mass is 315 g/mol. The van der Waals surface area contributed by atoms with Crippen molar-refractivity contribution in [1.29, 1.82) is 0 Å². The Morgan fingerprint density at radius 2 is 2.19 bits per heavy atom. The van der Waals surface area contributed by atoms with Crippen LogP contribution in [0.15, 0.2) is 23.4 Å². The second-order valence-electron chi connectivity index (χ2n) is 4.54. The molecule has 1 atom stereocenters. The van der Waals surface area contributed by atoms with Gasteiger partial charge < -0.3 is 10.7 Å². The highest BCUT2D eigenvalue weighted by molar-refractivity contribution is 7.89. The SMILES string of the molecule is CCC(C)NC(=O)CCNS(=O)(=O)c1cnccc1NN. The molecule has 1 amide bonds. The fourth-order valence-electron chi connectivity index (χ4n) is 1.54. The summed E-state index contributed by atoms with van der Waals surface area (Å²) in [6, 6.07) is 1.52. The van der Waals surface area contributed by atoms with Crippen molar-refractivity contribution < 1.29 is 13.2 Å². The van der Waals surface area contributed by atoms with E-state index in [0.717, 1.165) is 6.42 Å². The van der Waals surface area contributed by atoms with Crippen LogP contribution in [-0.2, 0) is 14.8 Å². The van der Waals surface area contributed by atoms with Crippen LogP contribution in [-0.4, -0.2) is 31.9 Å². The molecule has 5 N–H and O–H groups in total. The van der Waals surface area contributed by atoms with Gasteiger partial charge in [-0.2, -0.15) is 0 Å². The molecule has 0 saturated carbocycles. The Balaban J connectivity index is 2.60. The first kappa shape index (κ1) is 17.3. The summed E-state index contributed by atoms with van der Waals surface area (Å²) in [5.74, 6) is 5.06. The first-order chi connectivity index (χ1) is 9.90. The van der Waals surface area contributed by atoms with Gasteiger partial charge in [0.15, 0.2) is 0 Å². The minimum atomic E-state index is -3.77. The Labute approximate surface area is 124 Å². The Morgan fingerprint density at radius 3 is 2.81 bits per heavy atom. The Bertz CT molecular complexity index is 576. The molecule has 1 rings (SSSR count). The number of nitrogens with zero attached hydrogens (tertiary/aromatic N) is 1. The first-order valence-corrected chi connectivity index (χ1v) is 8.08. The molecular formula is C12H21N5O3S. The van der Waals surface area contributed by atoms with E-state index in [9.17, 15) is 13.2 Å². The quantitative estimate of drug-likeness (QED) is 0.393. The van der Waals surface area contributed by atoms with E-state index in [4.69, 9.17) is 5.84 Å². The van der Waals surface area contributed by atoms with Crippen LogP contribution >= 0.6 is 0 Å². The number of nitrogens with one attached hydrogen (secondary N) is 3. The summed E-state index contributed by atoms with van der Waals surface area (Å²) in [6.07, 6.45) is 3.50. The van der Waals surface area contributed by atoms with E-state index >= 15 is 0 Å². The van der Waals surface area contributed by atoms with Crippen LogP contribution in [0, 0.1) is 0 Å². The van der Waals surface area contributed by atoms with E-state index in [1.165, 1.54) is 18.5 Å². The number of anilines is 1. The molecule has 1 heterocycles. The number of rotatable bonds is 8. The average Bonchev–Trinajstić information content (AvgIpc) is 2.46. The topological polar surface area (TPSA) is 126 Å². The Kier molecular flexibility index (Phi) is 6.53. The fourth-order valence-corrected chi connectivity index (χ4v) is 2.68. The first-order valence-electron chi connectivity index (χ1n) is 6.60. The van der Waals surface area contributed by atoms with E-state index in [-0.39, 0.29) is 35.5 Å². The lowest BCUT2D eigenvalue weighted by Gasteiger charge is -2.12. The largest absolute Gasteiger partial charge is 0.354 e. The molecule has 0 saturated heterocycles. The number of aromatic nitrogens is 1. The molecule has 0 radical (unpaired) electrons. The van der Waals surface area contributed by atoms with Crippen molar-refractivity contribution in [3.05, 3.63) is 18.5 Å². The highest BCUT2D eigenvalue weighted by Crippen LogP contribution is 2.17. The smallest absolute Gasteiger partial charge is 0.244 e. The van der Waals surface area contributed by atoms with Crippen molar-refractivity contribution >= 4 is 21.6 Å². The number of nitrogen functional groups attached to an aromatic ring is 1. The standard InChI is InChI=1S/C12H21N5O3S/c1-3-9(2)16-12(18)5-7-15-21(19,20)11-8-14-6-4-10(11)17-13/h4,6,8-9,15H,3,5,7,13H2,1-2H3,(H,14,17)(H,16,18). The van der Waals surface area contributed by atoms with Gasteiger partial charge >= 0.3 is 0 Å². The molecule has 8 nitrogen and oxygen atoms in total. The van der Waals surface area contributed by atoms with Crippen molar-refractivity contribution in [2.75, 3.05) is 12.0 Å².